The Morgan fingerprint density at radius 1 is 1.03 bits per heavy atom. The number of methoxy groups -OCH3 is 1. The van der Waals surface area contributed by atoms with Gasteiger partial charge in [-0.25, -0.2) is 13.2 Å². The predicted molar refractivity (Wildman–Crippen MR) is 115 cm³/mol. The van der Waals surface area contributed by atoms with Crippen LogP contribution in [0.25, 0.3) is 0 Å². The summed E-state index contributed by atoms with van der Waals surface area (Å²) in [6.07, 6.45) is 5.49. The molecule has 0 bridgehead atoms. The van der Waals surface area contributed by atoms with Crippen LogP contribution in [0.4, 0.5) is 0 Å². The Morgan fingerprint density at radius 3 is 2.29 bits per heavy atom. The number of hydrogen-bond donors (Lipinski definition) is 0. The summed E-state index contributed by atoms with van der Waals surface area (Å²) in [5.74, 6) is -0.186. The first-order chi connectivity index (χ1) is 14.8. The number of likely N-dealkylation sites (tertiary alicyclic amines) is 1. The Hall–Kier alpha value is -2.13. The molecule has 2 heterocycles. The summed E-state index contributed by atoms with van der Waals surface area (Å²) >= 11 is 0. The molecule has 8 nitrogen and oxygen atoms in total. The van der Waals surface area contributed by atoms with Crippen LogP contribution in [0.5, 0.6) is 5.75 Å². The van der Waals surface area contributed by atoms with E-state index in [4.69, 9.17) is 9.47 Å². The predicted octanol–water partition coefficient (Wildman–Crippen LogP) is 2.68. The molecule has 0 atom stereocenters. The molecule has 0 N–H and O–H groups in total. The average molecular weight is 453 g/mol. The molecule has 1 aromatic rings. The molecule has 2 aliphatic rings. The number of carbonyl (C=O) groups excluding carboxylic acids is 2. The van der Waals surface area contributed by atoms with Crippen LogP contribution in [-0.4, -0.2) is 69.4 Å². The summed E-state index contributed by atoms with van der Waals surface area (Å²) < 4.78 is 38.4. The fourth-order valence-electron chi connectivity index (χ4n) is 3.99. The van der Waals surface area contributed by atoms with Crippen molar-refractivity contribution in [3.63, 3.8) is 0 Å². The van der Waals surface area contributed by atoms with Crippen molar-refractivity contribution in [1.82, 2.24) is 9.21 Å². The molecule has 2 fully saturated rings. The van der Waals surface area contributed by atoms with Crippen molar-refractivity contribution in [2.45, 2.75) is 50.3 Å². The first-order valence-corrected chi connectivity index (χ1v) is 12.4. The largest absolute Gasteiger partial charge is 0.495 e. The SMILES string of the molecule is COc1ccc(C(=O)OCC(=O)N2CCC(C)CC2)cc1S(=O)(=O)N1CCCCCC1. The lowest BCUT2D eigenvalue weighted by Crippen LogP contribution is -2.40. The lowest BCUT2D eigenvalue weighted by atomic mass is 9.99. The molecule has 9 heteroatoms. The highest BCUT2D eigenvalue weighted by Gasteiger charge is 2.29. The smallest absolute Gasteiger partial charge is 0.338 e. The van der Waals surface area contributed by atoms with Gasteiger partial charge in [0.05, 0.1) is 12.7 Å². The molecule has 1 amide bonds. The highest BCUT2D eigenvalue weighted by Crippen LogP contribution is 2.29. The van der Waals surface area contributed by atoms with Crippen molar-refractivity contribution in [3.8, 4) is 5.75 Å². The van der Waals surface area contributed by atoms with Crippen LogP contribution in [0.15, 0.2) is 23.1 Å². The van der Waals surface area contributed by atoms with Gasteiger partial charge in [-0.1, -0.05) is 19.8 Å². The Bertz CT molecular complexity index is 885. The van der Waals surface area contributed by atoms with E-state index in [1.54, 1.807) is 4.90 Å². The zero-order chi connectivity index (χ0) is 22.4. The van der Waals surface area contributed by atoms with Gasteiger partial charge in [-0.15, -0.1) is 0 Å². The molecular weight excluding hydrogens is 420 g/mol. The minimum Gasteiger partial charge on any atom is -0.495 e. The summed E-state index contributed by atoms with van der Waals surface area (Å²) in [6.45, 7) is 4.03. The number of esters is 1. The number of sulfonamides is 1. The third-order valence-corrected chi connectivity index (χ3v) is 7.97. The van der Waals surface area contributed by atoms with E-state index in [-0.39, 0.29) is 28.7 Å². The maximum absolute atomic E-state index is 13.2. The summed E-state index contributed by atoms with van der Waals surface area (Å²) in [5, 5.41) is 0. The van der Waals surface area contributed by atoms with E-state index in [1.165, 1.54) is 29.6 Å². The highest BCUT2D eigenvalue weighted by molar-refractivity contribution is 7.89. The first-order valence-electron chi connectivity index (χ1n) is 11.0. The second kappa shape index (κ2) is 10.5. The monoisotopic (exact) mass is 452 g/mol. The van der Waals surface area contributed by atoms with Crippen LogP contribution in [0.2, 0.25) is 0 Å². The number of rotatable bonds is 6. The maximum Gasteiger partial charge on any atom is 0.338 e. The van der Waals surface area contributed by atoms with E-state index < -0.39 is 16.0 Å². The van der Waals surface area contributed by atoms with Crippen LogP contribution in [-0.2, 0) is 19.6 Å². The Kier molecular flexibility index (Phi) is 7.94. The maximum atomic E-state index is 13.2. The summed E-state index contributed by atoms with van der Waals surface area (Å²) in [6, 6.07) is 4.19. The van der Waals surface area contributed by atoms with Crippen molar-refractivity contribution >= 4 is 21.9 Å². The molecule has 0 aliphatic carbocycles. The Balaban J connectivity index is 1.71. The van der Waals surface area contributed by atoms with Crippen LogP contribution >= 0.6 is 0 Å². The van der Waals surface area contributed by atoms with Gasteiger partial charge >= 0.3 is 5.97 Å². The minimum atomic E-state index is -3.81. The zero-order valence-corrected chi connectivity index (χ0v) is 19.2. The lowest BCUT2D eigenvalue weighted by molar-refractivity contribution is -0.135. The molecule has 31 heavy (non-hydrogen) atoms. The van der Waals surface area contributed by atoms with Crippen molar-refractivity contribution in [1.29, 1.82) is 0 Å². The van der Waals surface area contributed by atoms with E-state index in [2.05, 4.69) is 6.92 Å². The molecule has 1 aromatic carbocycles. The van der Waals surface area contributed by atoms with E-state index in [1.807, 2.05) is 0 Å². The van der Waals surface area contributed by atoms with Gasteiger partial charge in [0.2, 0.25) is 10.0 Å². The lowest BCUT2D eigenvalue weighted by Gasteiger charge is -2.30. The van der Waals surface area contributed by atoms with Crippen molar-refractivity contribution in [2.24, 2.45) is 5.92 Å². The third kappa shape index (κ3) is 5.77. The summed E-state index contributed by atoms with van der Waals surface area (Å²) in [4.78, 5) is 26.5. The van der Waals surface area contributed by atoms with Crippen molar-refractivity contribution in [3.05, 3.63) is 23.8 Å². The minimum absolute atomic E-state index is 0.0531. The van der Waals surface area contributed by atoms with Crippen LogP contribution in [0.3, 0.4) is 0 Å². The van der Waals surface area contributed by atoms with Crippen molar-refractivity contribution < 1.29 is 27.5 Å². The van der Waals surface area contributed by atoms with Crippen LogP contribution in [0.1, 0.15) is 55.8 Å². The Morgan fingerprint density at radius 2 is 1.68 bits per heavy atom. The fraction of sp³-hybridized carbons (Fsp3) is 0.636. The standard InChI is InChI=1S/C22H32N2O6S/c1-17-9-13-23(14-10-17)21(25)16-30-22(26)18-7-8-19(29-2)20(15-18)31(27,28)24-11-5-3-4-6-12-24/h7-8,15,17H,3-6,9-14,16H2,1-2H3. The Labute approximate surface area is 184 Å². The van der Waals surface area contributed by atoms with E-state index in [9.17, 15) is 18.0 Å². The topological polar surface area (TPSA) is 93.2 Å². The molecule has 0 unspecified atom stereocenters. The molecule has 172 valence electrons. The number of carbonyl (C=O) groups is 2. The second-order valence-electron chi connectivity index (χ2n) is 8.32. The van der Waals surface area contributed by atoms with Gasteiger partial charge in [-0.2, -0.15) is 4.31 Å². The normalized spacial score (nSPS) is 19.0. The summed E-state index contributed by atoms with van der Waals surface area (Å²) in [7, 11) is -2.42. The molecule has 3 rings (SSSR count). The van der Waals surface area contributed by atoms with Gasteiger partial charge in [-0.3, -0.25) is 4.79 Å². The molecule has 0 spiro atoms. The first kappa shape index (κ1) is 23.5. The van der Waals surface area contributed by atoms with E-state index >= 15 is 0 Å². The van der Waals surface area contributed by atoms with E-state index in [0.717, 1.165) is 38.5 Å². The summed E-state index contributed by atoms with van der Waals surface area (Å²) in [5.41, 5.74) is 0.0780. The highest BCUT2D eigenvalue weighted by atomic mass is 32.2. The van der Waals surface area contributed by atoms with Crippen molar-refractivity contribution in [2.75, 3.05) is 39.9 Å². The van der Waals surface area contributed by atoms with Gasteiger partial charge in [0.15, 0.2) is 6.61 Å². The number of benzene rings is 1. The van der Waals surface area contributed by atoms with Gasteiger partial charge in [0, 0.05) is 26.2 Å². The average Bonchev–Trinajstić information content (AvgIpc) is 3.07. The zero-order valence-electron chi connectivity index (χ0n) is 18.3. The fourth-order valence-corrected chi connectivity index (χ4v) is 5.68. The number of piperidine rings is 1. The quantitative estimate of drug-likeness (QED) is 0.616. The van der Waals surface area contributed by atoms with Gasteiger partial charge in [0.25, 0.3) is 5.91 Å². The molecule has 2 aliphatic heterocycles. The number of ether oxygens (including phenoxy) is 2. The number of amides is 1. The van der Waals surface area contributed by atoms with Crippen LogP contribution in [0, 0.1) is 5.92 Å². The number of hydrogen-bond acceptors (Lipinski definition) is 6. The third-order valence-electron chi connectivity index (χ3n) is 6.05. The van der Waals surface area contributed by atoms with Gasteiger partial charge < -0.3 is 14.4 Å². The van der Waals surface area contributed by atoms with Crippen LogP contribution < -0.4 is 4.74 Å². The molecular formula is C22H32N2O6S. The van der Waals surface area contributed by atoms with Gasteiger partial charge in [-0.05, 0) is 49.8 Å². The number of nitrogens with zero attached hydrogens (tertiary/aromatic N) is 2. The molecule has 2 saturated heterocycles. The second-order valence-corrected chi connectivity index (χ2v) is 10.2. The van der Waals surface area contributed by atoms with E-state index in [0.29, 0.717) is 32.1 Å². The molecule has 0 aromatic heterocycles. The molecule has 0 saturated carbocycles. The van der Waals surface area contributed by atoms with Gasteiger partial charge in [0.1, 0.15) is 10.6 Å². The molecule has 0 radical (unpaired) electrons.